The molecule has 0 spiro atoms. The number of fused-ring (bicyclic) bond motifs is 1. The number of nitrogen functional groups attached to an aromatic ring is 1. The Morgan fingerprint density at radius 3 is 2.94 bits per heavy atom. The summed E-state index contributed by atoms with van der Waals surface area (Å²) in [5.41, 5.74) is 6.36. The summed E-state index contributed by atoms with van der Waals surface area (Å²) in [6.45, 7) is 1.57. The molecular formula is C12H13N3O2. The number of nitrogens with two attached hydrogens (primary N) is 1. The van der Waals surface area contributed by atoms with Crippen LogP contribution in [0, 0.1) is 0 Å². The van der Waals surface area contributed by atoms with Gasteiger partial charge in [0.1, 0.15) is 11.9 Å². The fourth-order valence-electron chi connectivity index (χ4n) is 1.58. The zero-order valence-electron chi connectivity index (χ0n) is 9.34. The van der Waals surface area contributed by atoms with E-state index >= 15 is 0 Å². The summed E-state index contributed by atoms with van der Waals surface area (Å²) in [5, 5.41) is 13.5. The molecule has 1 heterocycles. The molecule has 0 saturated heterocycles. The van der Waals surface area contributed by atoms with Crippen LogP contribution in [0.15, 0.2) is 30.5 Å². The number of rotatable bonds is 3. The Kier molecular flexibility index (Phi) is 2.82. The molecule has 4 N–H and O–H groups in total. The molecule has 1 aromatic carbocycles. The maximum absolute atomic E-state index is 10.8. The van der Waals surface area contributed by atoms with Crippen LogP contribution in [-0.4, -0.2) is 22.1 Å². The van der Waals surface area contributed by atoms with Gasteiger partial charge in [0.25, 0.3) is 0 Å². The molecule has 5 nitrogen and oxygen atoms in total. The number of hydrogen-bond acceptors (Lipinski definition) is 4. The van der Waals surface area contributed by atoms with Gasteiger partial charge in [0.15, 0.2) is 0 Å². The summed E-state index contributed by atoms with van der Waals surface area (Å²) in [6, 6.07) is 6.57. The monoisotopic (exact) mass is 231 g/mol. The van der Waals surface area contributed by atoms with Crippen molar-refractivity contribution in [2.45, 2.75) is 13.0 Å². The summed E-state index contributed by atoms with van der Waals surface area (Å²) < 4.78 is 0. The third-order valence-electron chi connectivity index (χ3n) is 2.51. The number of pyridine rings is 1. The van der Waals surface area contributed by atoms with E-state index in [-0.39, 0.29) is 0 Å². The molecule has 1 atom stereocenters. The molecule has 0 radical (unpaired) electrons. The van der Waals surface area contributed by atoms with Gasteiger partial charge in [-0.3, -0.25) is 4.79 Å². The Morgan fingerprint density at radius 2 is 2.24 bits per heavy atom. The van der Waals surface area contributed by atoms with E-state index in [1.807, 2.05) is 18.2 Å². The van der Waals surface area contributed by atoms with Gasteiger partial charge in [0.2, 0.25) is 0 Å². The molecular weight excluding hydrogens is 218 g/mol. The van der Waals surface area contributed by atoms with Gasteiger partial charge in [-0.1, -0.05) is 0 Å². The Balaban J connectivity index is 2.44. The highest BCUT2D eigenvalue weighted by atomic mass is 16.4. The first-order valence-electron chi connectivity index (χ1n) is 5.21. The number of hydrogen-bond donors (Lipinski definition) is 3. The lowest BCUT2D eigenvalue weighted by Gasteiger charge is -2.12. The third-order valence-corrected chi connectivity index (χ3v) is 2.51. The zero-order chi connectivity index (χ0) is 12.4. The van der Waals surface area contributed by atoms with Crippen molar-refractivity contribution in [2.75, 3.05) is 11.1 Å². The van der Waals surface area contributed by atoms with Gasteiger partial charge in [-0.25, -0.2) is 4.98 Å². The molecule has 1 aromatic heterocycles. The van der Waals surface area contributed by atoms with Crippen molar-refractivity contribution in [1.29, 1.82) is 0 Å². The molecule has 1 unspecified atom stereocenters. The number of aliphatic carboxylic acids is 1. The van der Waals surface area contributed by atoms with Crippen molar-refractivity contribution in [2.24, 2.45) is 0 Å². The molecule has 0 amide bonds. The average molecular weight is 231 g/mol. The largest absolute Gasteiger partial charge is 0.480 e. The topological polar surface area (TPSA) is 88.2 Å². The van der Waals surface area contributed by atoms with Gasteiger partial charge < -0.3 is 16.2 Å². The van der Waals surface area contributed by atoms with Gasteiger partial charge in [0.05, 0.1) is 0 Å². The van der Waals surface area contributed by atoms with Crippen LogP contribution in [0.25, 0.3) is 10.8 Å². The van der Waals surface area contributed by atoms with Crippen molar-refractivity contribution in [1.82, 2.24) is 4.98 Å². The SMILES string of the molecule is CC(Nc1nccc2cc(N)ccc12)C(=O)O. The second-order valence-corrected chi connectivity index (χ2v) is 3.84. The lowest BCUT2D eigenvalue weighted by molar-refractivity contribution is -0.137. The van der Waals surface area contributed by atoms with Crippen LogP contribution < -0.4 is 11.1 Å². The minimum absolute atomic E-state index is 0.553. The van der Waals surface area contributed by atoms with Crippen LogP contribution in [0.3, 0.4) is 0 Å². The number of nitrogens with zero attached hydrogens (tertiary/aromatic N) is 1. The van der Waals surface area contributed by atoms with E-state index < -0.39 is 12.0 Å². The quantitative estimate of drug-likeness (QED) is 0.700. The second-order valence-electron chi connectivity index (χ2n) is 3.84. The molecule has 0 aliphatic rings. The van der Waals surface area contributed by atoms with E-state index in [2.05, 4.69) is 10.3 Å². The summed E-state index contributed by atoms with van der Waals surface area (Å²) in [7, 11) is 0. The summed E-state index contributed by atoms with van der Waals surface area (Å²) >= 11 is 0. The first-order chi connectivity index (χ1) is 8.08. The van der Waals surface area contributed by atoms with Crippen molar-refractivity contribution >= 4 is 28.2 Å². The molecule has 5 heteroatoms. The van der Waals surface area contributed by atoms with Crippen molar-refractivity contribution in [3.8, 4) is 0 Å². The number of aromatic nitrogens is 1. The predicted octanol–water partition coefficient (Wildman–Crippen LogP) is 1.70. The number of benzene rings is 1. The molecule has 0 aliphatic carbocycles. The molecule has 17 heavy (non-hydrogen) atoms. The minimum Gasteiger partial charge on any atom is -0.480 e. The Hall–Kier alpha value is -2.30. The van der Waals surface area contributed by atoms with Gasteiger partial charge >= 0.3 is 5.97 Å². The van der Waals surface area contributed by atoms with Gasteiger partial charge in [-0.05, 0) is 36.6 Å². The molecule has 0 bridgehead atoms. The van der Waals surface area contributed by atoms with Gasteiger partial charge in [0, 0.05) is 17.3 Å². The van der Waals surface area contributed by atoms with Gasteiger partial charge in [-0.2, -0.15) is 0 Å². The van der Waals surface area contributed by atoms with E-state index in [1.165, 1.54) is 0 Å². The van der Waals surface area contributed by atoms with Crippen LogP contribution in [0.4, 0.5) is 11.5 Å². The number of carboxylic acid groups (broad SMARTS) is 1. The first kappa shape index (κ1) is 11.2. The zero-order valence-corrected chi connectivity index (χ0v) is 9.34. The molecule has 0 fully saturated rings. The third kappa shape index (κ3) is 2.28. The molecule has 2 rings (SSSR count). The van der Waals surface area contributed by atoms with Crippen LogP contribution in [-0.2, 0) is 4.79 Å². The molecule has 2 aromatic rings. The summed E-state index contributed by atoms with van der Waals surface area (Å²) in [5.74, 6) is -0.364. The van der Waals surface area contributed by atoms with Gasteiger partial charge in [-0.15, -0.1) is 0 Å². The number of carbonyl (C=O) groups is 1. The predicted molar refractivity (Wildman–Crippen MR) is 66.9 cm³/mol. The maximum Gasteiger partial charge on any atom is 0.325 e. The Labute approximate surface area is 98.3 Å². The fourth-order valence-corrected chi connectivity index (χ4v) is 1.58. The molecule has 0 aliphatic heterocycles. The van der Waals surface area contributed by atoms with E-state index in [9.17, 15) is 4.79 Å². The Morgan fingerprint density at radius 1 is 1.47 bits per heavy atom. The second kappa shape index (κ2) is 4.29. The lowest BCUT2D eigenvalue weighted by atomic mass is 10.1. The van der Waals surface area contributed by atoms with Crippen LogP contribution in [0.1, 0.15) is 6.92 Å². The van der Waals surface area contributed by atoms with E-state index in [0.717, 1.165) is 10.8 Å². The number of anilines is 2. The van der Waals surface area contributed by atoms with Crippen molar-refractivity contribution < 1.29 is 9.90 Å². The fraction of sp³-hybridized carbons (Fsp3) is 0.167. The molecule has 0 saturated carbocycles. The smallest absolute Gasteiger partial charge is 0.325 e. The normalized spacial score (nSPS) is 12.3. The summed E-state index contributed by atoms with van der Waals surface area (Å²) in [6.07, 6.45) is 1.62. The highest BCUT2D eigenvalue weighted by molar-refractivity contribution is 5.94. The van der Waals surface area contributed by atoms with E-state index in [0.29, 0.717) is 11.5 Å². The highest BCUT2D eigenvalue weighted by Crippen LogP contribution is 2.23. The molecule has 88 valence electrons. The number of carboxylic acids is 1. The summed E-state index contributed by atoms with van der Waals surface area (Å²) in [4.78, 5) is 14.9. The number of nitrogens with one attached hydrogen (secondary N) is 1. The maximum atomic E-state index is 10.8. The van der Waals surface area contributed by atoms with E-state index in [4.69, 9.17) is 10.8 Å². The first-order valence-corrected chi connectivity index (χ1v) is 5.21. The Bertz CT molecular complexity index is 569. The highest BCUT2D eigenvalue weighted by Gasteiger charge is 2.12. The van der Waals surface area contributed by atoms with Crippen LogP contribution in [0.5, 0.6) is 0 Å². The van der Waals surface area contributed by atoms with Crippen molar-refractivity contribution in [3.63, 3.8) is 0 Å². The average Bonchev–Trinajstić information content (AvgIpc) is 2.28. The van der Waals surface area contributed by atoms with Crippen molar-refractivity contribution in [3.05, 3.63) is 30.5 Å². The standard InChI is InChI=1S/C12H13N3O2/c1-7(12(16)17)15-11-10-3-2-9(13)6-8(10)4-5-14-11/h2-7H,13H2,1H3,(H,14,15)(H,16,17). The van der Waals surface area contributed by atoms with E-state index in [1.54, 1.807) is 19.2 Å². The van der Waals surface area contributed by atoms with Crippen LogP contribution in [0.2, 0.25) is 0 Å². The minimum atomic E-state index is -0.917. The van der Waals surface area contributed by atoms with Crippen LogP contribution >= 0.6 is 0 Å². The lowest BCUT2D eigenvalue weighted by Crippen LogP contribution is -2.25.